The lowest BCUT2D eigenvalue weighted by atomic mass is 9.91. The maximum Gasteiger partial charge on any atom is 0.263 e. The SMILES string of the molecule is CC[C@H]1CN(c2ccc3c(n2)CC[C@H](NC(=O)c2sc4nc(C)ccc4c2N)C3)C[C@@H]1C(F)F. The summed E-state index contributed by atoms with van der Waals surface area (Å²) in [5.41, 5.74) is 9.70. The van der Waals surface area contributed by atoms with Crippen LogP contribution < -0.4 is 16.0 Å². The molecule has 1 amide bonds. The molecule has 0 unspecified atom stereocenters. The molecule has 0 bridgehead atoms. The number of hydrogen-bond donors (Lipinski definition) is 2. The molecule has 0 saturated carbocycles. The van der Waals surface area contributed by atoms with Crippen LogP contribution in [0.1, 0.15) is 46.4 Å². The van der Waals surface area contributed by atoms with Gasteiger partial charge in [0.1, 0.15) is 15.5 Å². The van der Waals surface area contributed by atoms with Crippen molar-refractivity contribution in [2.75, 3.05) is 23.7 Å². The van der Waals surface area contributed by atoms with E-state index >= 15 is 0 Å². The van der Waals surface area contributed by atoms with Crippen LogP contribution in [-0.4, -0.2) is 41.4 Å². The van der Waals surface area contributed by atoms with E-state index in [-0.39, 0.29) is 17.9 Å². The molecule has 1 aliphatic heterocycles. The number of thiophene rings is 1. The lowest BCUT2D eigenvalue weighted by Gasteiger charge is -2.26. The molecule has 34 heavy (non-hydrogen) atoms. The second kappa shape index (κ2) is 9.09. The number of hydrogen-bond acceptors (Lipinski definition) is 6. The summed E-state index contributed by atoms with van der Waals surface area (Å²) in [6.07, 6.45) is 0.645. The third-order valence-electron chi connectivity index (χ3n) is 7.19. The molecule has 5 rings (SSSR count). The second-order valence-corrected chi connectivity index (χ2v) is 10.4. The van der Waals surface area contributed by atoms with Crippen molar-refractivity contribution in [3.63, 3.8) is 0 Å². The number of pyridine rings is 2. The van der Waals surface area contributed by atoms with Gasteiger partial charge in [-0.15, -0.1) is 11.3 Å². The van der Waals surface area contributed by atoms with Crippen LogP contribution in [0.5, 0.6) is 0 Å². The van der Waals surface area contributed by atoms with Gasteiger partial charge >= 0.3 is 0 Å². The number of nitrogen functional groups attached to an aromatic ring is 1. The molecule has 2 aliphatic rings. The highest BCUT2D eigenvalue weighted by Crippen LogP contribution is 2.35. The monoisotopic (exact) mass is 485 g/mol. The summed E-state index contributed by atoms with van der Waals surface area (Å²) in [4.78, 5) is 25.6. The Hall–Kier alpha value is -2.81. The summed E-state index contributed by atoms with van der Waals surface area (Å²) in [5.74, 6) is 0.0151. The van der Waals surface area contributed by atoms with E-state index < -0.39 is 12.3 Å². The average Bonchev–Trinajstić information content (AvgIpc) is 3.40. The minimum absolute atomic E-state index is 0.00197. The van der Waals surface area contributed by atoms with Crippen LogP contribution in [0.3, 0.4) is 0 Å². The van der Waals surface area contributed by atoms with Crippen LogP contribution in [-0.2, 0) is 12.8 Å². The summed E-state index contributed by atoms with van der Waals surface area (Å²) in [5, 5.41) is 3.95. The van der Waals surface area contributed by atoms with E-state index in [2.05, 4.69) is 10.3 Å². The van der Waals surface area contributed by atoms with Crippen molar-refractivity contribution < 1.29 is 13.6 Å². The number of nitrogens with zero attached hydrogens (tertiary/aromatic N) is 3. The Morgan fingerprint density at radius 3 is 2.82 bits per heavy atom. The largest absolute Gasteiger partial charge is 0.397 e. The minimum Gasteiger partial charge on any atom is -0.397 e. The lowest BCUT2D eigenvalue weighted by Crippen LogP contribution is -2.39. The summed E-state index contributed by atoms with van der Waals surface area (Å²) in [6, 6.07) is 7.76. The summed E-state index contributed by atoms with van der Waals surface area (Å²) in [7, 11) is 0. The number of alkyl halides is 2. The van der Waals surface area contributed by atoms with Crippen LogP contribution in [0.15, 0.2) is 24.3 Å². The van der Waals surface area contributed by atoms with Gasteiger partial charge in [0, 0.05) is 41.8 Å². The van der Waals surface area contributed by atoms with Crippen molar-refractivity contribution >= 4 is 39.0 Å². The Labute approximate surface area is 201 Å². The first-order valence-electron chi connectivity index (χ1n) is 11.8. The predicted molar refractivity (Wildman–Crippen MR) is 132 cm³/mol. The third kappa shape index (κ3) is 4.21. The fraction of sp³-hybridized carbons (Fsp3) is 0.480. The molecule has 3 N–H and O–H groups in total. The van der Waals surface area contributed by atoms with E-state index in [1.807, 2.05) is 43.0 Å². The number of nitrogens with two attached hydrogens (primary N) is 1. The number of aromatic nitrogens is 2. The summed E-state index contributed by atoms with van der Waals surface area (Å²) in [6.45, 7) is 4.87. The molecule has 3 atom stereocenters. The number of carbonyl (C=O) groups excluding carboxylic acids is 1. The molecule has 6 nitrogen and oxygen atoms in total. The zero-order chi connectivity index (χ0) is 24.0. The number of nitrogens with one attached hydrogen (secondary N) is 1. The van der Waals surface area contributed by atoms with Gasteiger partial charge in [-0.05, 0) is 55.9 Å². The molecule has 1 fully saturated rings. The van der Waals surface area contributed by atoms with E-state index in [0.29, 0.717) is 30.1 Å². The van der Waals surface area contributed by atoms with Crippen molar-refractivity contribution in [1.82, 2.24) is 15.3 Å². The van der Waals surface area contributed by atoms with Crippen molar-refractivity contribution in [1.29, 1.82) is 0 Å². The second-order valence-electron chi connectivity index (χ2n) is 9.41. The smallest absolute Gasteiger partial charge is 0.263 e. The van der Waals surface area contributed by atoms with E-state index in [9.17, 15) is 13.6 Å². The summed E-state index contributed by atoms with van der Waals surface area (Å²) < 4.78 is 26.8. The number of aryl methyl sites for hydroxylation is 2. The van der Waals surface area contributed by atoms with Gasteiger partial charge < -0.3 is 16.0 Å². The van der Waals surface area contributed by atoms with Crippen LogP contribution in [0.2, 0.25) is 0 Å². The molecule has 3 aromatic heterocycles. The molecule has 4 heterocycles. The molecule has 0 spiro atoms. The van der Waals surface area contributed by atoms with Crippen LogP contribution >= 0.6 is 11.3 Å². The van der Waals surface area contributed by atoms with Gasteiger partial charge in [0.25, 0.3) is 5.91 Å². The molecule has 3 aromatic rings. The van der Waals surface area contributed by atoms with Gasteiger partial charge in [0.05, 0.1) is 5.69 Å². The highest BCUT2D eigenvalue weighted by molar-refractivity contribution is 7.21. The molecule has 1 aliphatic carbocycles. The first kappa shape index (κ1) is 23.0. The van der Waals surface area contributed by atoms with Crippen molar-refractivity contribution in [2.45, 2.75) is 52.0 Å². The highest BCUT2D eigenvalue weighted by Gasteiger charge is 2.38. The van der Waals surface area contributed by atoms with E-state index in [4.69, 9.17) is 10.7 Å². The Kier molecular flexibility index (Phi) is 6.14. The Balaban J connectivity index is 1.27. The number of halogens is 2. The number of rotatable bonds is 5. The molecular weight excluding hydrogens is 456 g/mol. The van der Waals surface area contributed by atoms with Crippen molar-refractivity contribution in [3.8, 4) is 0 Å². The number of carbonyl (C=O) groups is 1. The standard InChI is InChI=1S/C25H29F2N5OS/c1-3-14-11-32(12-18(14)23(26)27)20-9-5-15-10-16(6-8-19(15)31-20)30-24(33)22-21(28)17-7-4-13(2)29-25(17)34-22/h4-5,7,9,14,16,18,23H,3,6,8,10-12,28H2,1-2H3,(H,30,33)/t14-,16-,18-/m0/s1. The van der Waals surface area contributed by atoms with Gasteiger partial charge in [-0.3, -0.25) is 4.79 Å². The fourth-order valence-corrected chi connectivity index (χ4v) is 6.25. The van der Waals surface area contributed by atoms with Crippen LogP contribution in [0, 0.1) is 18.8 Å². The van der Waals surface area contributed by atoms with Crippen molar-refractivity contribution in [2.24, 2.45) is 11.8 Å². The molecule has 0 aromatic carbocycles. The Morgan fingerprint density at radius 2 is 2.09 bits per heavy atom. The van der Waals surface area contributed by atoms with E-state index in [1.54, 1.807) is 0 Å². The third-order valence-corrected chi connectivity index (χ3v) is 8.30. The number of amides is 1. The van der Waals surface area contributed by atoms with Gasteiger partial charge in [-0.2, -0.15) is 0 Å². The lowest BCUT2D eigenvalue weighted by molar-refractivity contribution is 0.0640. The fourth-order valence-electron chi connectivity index (χ4n) is 5.21. The van der Waals surface area contributed by atoms with Crippen LogP contribution in [0.4, 0.5) is 20.3 Å². The van der Waals surface area contributed by atoms with Gasteiger partial charge in [-0.1, -0.05) is 19.4 Å². The molecule has 180 valence electrons. The normalized spacial score (nSPS) is 22.4. The first-order valence-corrected chi connectivity index (χ1v) is 12.6. The van der Waals surface area contributed by atoms with Gasteiger partial charge in [0.15, 0.2) is 0 Å². The quantitative estimate of drug-likeness (QED) is 0.552. The summed E-state index contributed by atoms with van der Waals surface area (Å²) >= 11 is 1.32. The van der Waals surface area contributed by atoms with Gasteiger partial charge in [0.2, 0.25) is 6.43 Å². The number of fused-ring (bicyclic) bond motifs is 2. The Morgan fingerprint density at radius 1 is 1.26 bits per heavy atom. The molecule has 9 heteroatoms. The zero-order valence-corrected chi connectivity index (χ0v) is 20.2. The molecule has 0 radical (unpaired) electrons. The van der Waals surface area contributed by atoms with Crippen molar-refractivity contribution in [3.05, 3.63) is 46.1 Å². The van der Waals surface area contributed by atoms with E-state index in [0.717, 1.165) is 52.2 Å². The molecule has 1 saturated heterocycles. The van der Waals surface area contributed by atoms with Gasteiger partial charge in [-0.25, -0.2) is 18.7 Å². The number of anilines is 2. The maximum atomic E-state index is 13.4. The van der Waals surface area contributed by atoms with E-state index in [1.165, 1.54) is 11.3 Å². The zero-order valence-electron chi connectivity index (χ0n) is 19.4. The Bertz CT molecular complexity index is 1230. The topological polar surface area (TPSA) is 84.1 Å². The average molecular weight is 486 g/mol. The first-order chi connectivity index (χ1) is 16.3. The minimum atomic E-state index is -2.30. The van der Waals surface area contributed by atoms with Crippen LogP contribution in [0.25, 0.3) is 10.2 Å². The predicted octanol–water partition coefficient (Wildman–Crippen LogP) is 4.60. The molecular formula is C25H29F2N5OS. The maximum absolute atomic E-state index is 13.4. The highest BCUT2D eigenvalue weighted by atomic mass is 32.1.